The lowest BCUT2D eigenvalue weighted by molar-refractivity contribution is 0.217. The van der Waals surface area contributed by atoms with Crippen LogP contribution in [0.1, 0.15) is 6.42 Å². The fourth-order valence-electron chi connectivity index (χ4n) is 2.65. The molecule has 2 aliphatic rings. The zero-order valence-corrected chi connectivity index (χ0v) is 7.67. The van der Waals surface area contributed by atoms with Gasteiger partial charge in [0.15, 0.2) is 0 Å². The van der Waals surface area contributed by atoms with Gasteiger partial charge in [0.05, 0.1) is 0 Å². The third-order valence-electron chi connectivity index (χ3n) is 3.22. The quantitative estimate of drug-likeness (QED) is 0.601. The maximum atomic E-state index is 12.1. The predicted molar refractivity (Wildman–Crippen MR) is 46.9 cm³/mol. The molecule has 0 N–H and O–H groups in total. The van der Waals surface area contributed by atoms with E-state index in [1.807, 2.05) is 0 Å². The van der Waals surface area contributed by atoms with Crippen molar-refractivity contribution >= 4 is 0 Å². The van der Waals surface area contributed by atoms with E-state index in [0.717, 1.165) is 19.0 Å². The topological polar surface area (TPSA) is 6.48 Å². The van der Waals surface area contributed by atoms with Crippen LogP contribution in [0.15, 0.2) is 0 Å². The van der Waals surface area contributed by atoms with Gasteiger partial charge in [-0.05, 0) is 25.9 Å². The van der Waals surface area contributed by atoms with Gasteiger partial charge in [-0.1, -0.05) is 0 Å². The molecule has 2 unspecified atom stereocenters. The van der Waals surface area contributed by atoms with Crippen LogP contribution in [0.2, 0.25) is 0 Å². The molecule has 70 valence electrons. The molecule has 2 heterocycles. The minimum atomic E-state index is -0.188. The molecule has 0 aliphatic carbocycles. The second-order valence-corrected chi connectivity index (χ2v) is 4.06. The van der Waals surface area contributed by atoms with Gasteiger partial charge in [0.1, 0.15) is 6.67 Å². The van der Waals surface area contributed by atoms with Gasteiger partial charge in [-0.3, -0.25) is 4.90 Å². The molecule has 3 heteroatoms. The molecule has 2 aliphatic heterocycles. The van der Waals surface area contributed by atoms with E-state index in [4.69, 9.17) is 0 Å². The van der Waals surface area contributed by atoms with Gasteiger partial charge in [-0.15, -0.1) is 0 Å². The van der Waals surface area contributed by atoms with Crippen LogP contribution >= 0.6 is 0 Å². The number of fused-ring (bicyclic) bond motifs is 1. The molecule has 2 nitrogen and oxygen atoms in total. The van der Waals surface area contributed by atoms with E-state index in [9.17, 15) is 4.39 Å². The molecule has 2 atom stereocenters. The summed E-state index contributed by atoms with van der Waals surface area (Å²) in [6.07, 6.45) is 1.27. The third kappa shape index (κ3) is 1.36. The van der Waals surface area contributed by atoms with Crippen LogP contribution < -0.4 is 0 Å². The molecule has 0 radical (unpaired) electrons. The standard InChI is InChI=1S/C9H17FN2/c1-11-6-8-2-4-12(5-3-10)9(8)7-11/h8-9H,2-7H2,1H3. The first-order chi connectivity index (χ1) is 5.81. The second-order valence-electron chi connectivity index (χ2n) is 4.06. The summed E-state index contributed by atoms with van der Waals surface area (Å²) in [4.78, 5) is 4.67. The molecule has 0 aromatic heterocycles. The average molecular weight is 172 g/mol. The molecule has 0 saturated carbocycles. The fourth-order valence-corrected chi connectivity index (χ4v) is 2.65. The largest absolute Gasteiger partial charge is 0.304 e. The fraction of sp³-hybridized carbons (Fsp3) is 1.00. The van der Waals surface area contributed by atoms with E-state index < -0.39 is 0 Å². The average Bonchev–Trinajstić information content (AvgIpc) is 2.52. The summed E-state index contributed by atoms with van der Waals surface area (Å²) in [6, 6.07) is 0.658. The predicted octanol–water partition coefficient (Wildman–Crippen LogP) is 0.592. The minimum Gasteiger partial charge on any atom is -0.304 e. The first-order valence-corrected chi connectivity index (χ1v) is 4.80. The highest BCUT2D eigenvalue weighted by Crippen LogP contribution is 2.29. The summed E-state index contributed by atoms with van der Waals surface area (Å²) >= 11 is 0. The first-order valence-electron chi connectivity index (χ1n) is 4.80. The van der Waals surface area contributed by atoms with Crippen molar-refractivity contribution in [2.75, 3.05) is 39.9 Å². The molecule has 0 aromatic rings. The van der Waals surface area contributed by atoms with Crippen LogP contribution in [0, 0.1) is 5.92 Å². The van der Waals surface area contributed by atoms with Gasteiger partial charge in [-0.25, -0.2) is 4.39 Å². The molecule has 12 heavy (non-hydrogen) atoms. The summed E-state index contributed by atoms with van der Waals surface area (Å²) in [5, 5.41) is 0. The Bertz CT molecular complexity index is 161. The third-order valence-corrected chi connectivity index (χ3v) is 3.22. The number of likely N-dealkylation sites (tertiary alicyclic amines) is 2. The summed E-state index contributed by atoms with van der Waals surface area (Å²) < 4.78 is 12.1. The molecule has 2 rings (SSSR count). The Morgan fingerprint density at radius 2 is 2.25 bits per heavy atom. The van der Waals surface area contributed by atoms with E-state index in [-0.39, 0.29) is 6.67 Å². The normalized spacial score (nSPS) is 37.5. The maximum Gasteiger partial charge on any atom is 0.102 e. The first kappa shape index (κ1) is 8.45. The van der Waals surface area contributed by atoms with Crippen molar-refractivity contribution in [2.24, 2.45) is 5.92 Å². The van der Waals surface area contributed by atoms with Crippen molar-refractivity contribution in [1.82, 2.24) is 9.80 Å². The Morgan fingerprint density at radius 1 is 1.42 bits per heavy atom. The van der Waals surface area contributed by atoms with Crippen LogP contribution in [0.4, 0.5) is 4.39 Å². The number of alkyl halides is 1. The van der Waals surface area contributed by atoms with Crippen LogP contribution in [0.25, 0.3) is 0 Å². The molecule has 2 saturated heterocycles. The number of rotatable bonds is 2. The maximum absolute atomic E-state index is 12.1. The molecular formula is C9H17FN2. The van der Waals surface area contributed by atoms with Gasteiger partial charge < -0.3 is 4.90 Å². The number of hydrogen-bond donors (Lipinski definition) is 0. The van der Waals surface area contributed by atoms with Crippen LogP contribution in [-0.2, 0) is 0 Å². The van der Waals surface area contributed by atoms with Gasteiger partial charge >= 0.3 is 0 Å². The summed E-state index contributed by atoms with van der Waals surface area (Å²) in [5.74, 6) is 0.821. The highest BCUT2D eigenvalue weighted by molar-refractivity contribution is 4.94. The highest BCUT2D eigenvalue weighted by atomic mass is 19.1. The lowest BCUT2D eigenvalue weighted by Crippen LogP contribution is -2.35. The number of halogens is 1. The van der Waals surface area contributed by atoms with E-state index in [0.29, 0.717) is 12.6 Å². The lowest BCUT2D eigenvalue weighted by Gasteiger charge is -2.22. The molecule has 0 aromatic carbocycles. The monoisotopic (exact) mass is 172 g/mol. The molecule has 0 spiro atoms. The SMILES string of the molecule is CN1CC2CCN(CCF)C2C1. The number of likely N-dealkylation sites (N-methyl/N-ethyl adjacent to an activating group) is 1. The van der Waals surface area contributed by atoms with E-state index in [1.165, 1.54) is 13.0 Å². The Morgan fingerprint density at radius 3 is 3.00 bits per heavy atom. The Hall–Kier alpha value is -0.150. The number of nitrogens with zero attached hydrogens (tertiary/aromatic N) is 2. The van der Waals surface area contributed by atoms with E-state index in [2.05, 4.69) is 16.8 Å². The summed E-state index contributed by atoms with van der Waals surface area (Å²) in [7, 11) is 2.16. The molecule has 2 fully saturated rings. The van der Waals surface area contributed by atoms with Crippen molar-refractivity contribution in [2.45, 2.75) is 12.5 Å². The number of hydrogen-bond acceptors (Lipinski definition) is 2. The van der Waals surface area contributed by atoms with Gasteiger partial charge in [-0.2, -0.15) is 0 Å². The van der Waals surface area contributed by atoms with Crippen molar-refractivity contribution in [1.29, 1.82) is 0 Å². The van der Waals surface area contributed by atoms with Gasteiger partial charge in [0.25, 0.3) is 0 Å². The van der Waals surface area contributed by atoms with Gasteiger partial charge in [0.2, 0.25) is 0 Å². The highest BCUT2D eigenvalue weighted by Gasteiger charge is 2.39. The van der Waals surface area contributed by atoms with Gasteiger partial charge in [0, 0.05) is 25.7 Å². The van der Waals surface area contributed by atoms with E-state index in [1.54, 1.807) is 0 Å². The van der Waals surface area contributed by atoms with E-state index >= 15 is 0 Å². The molecule has 0 bridgehead atoms. The van der Waals surface area contributed by atoms with Crippen LogP contribution in [0.3, 0.4) is 0 Å². The Kier molecular flexibility index (Phi) is 2.33. The summed E-state index contributed by atoms with van der Waals surface area (Å²) in [6.45, 7) is 3.94. The van der Waals surface area contributed by atoms with Crippen LogP contribution in [-0.4, -0.2) is 55.7 Å². The Balaban J connectivity index is 1.94. The minimum absolute atomic E-state index is 0.188. The zero-order chi connectivity index (χ0) is 8.55. The molecular weight excluding hydrogens is 155 g/mol. The van der Waals surface area contributed by atoms with Crippen molar-refractivity contribution in [3.05, 3.63) is 0 Å². The van der Waals surface area contributed by atoms with Crippen LogP contribution in [0.5, 0.6) is 0 Å². The molecule has 0 amide bonds. The van der Waals surface area contributed by atoms with Crippen molar-refractivity contribution in [3.63, 3.8) is 0 Å². The van der Waals surface area contributed by atoms with Crippen molar-refractivity contribution < 1.29 is 4.39 Å². The second kappa shape index (κ2) is 3.30. The van der Waals surface area contributed by atoms with Crippen molar-refractivity contribution in [3.8, 4) is 0 Å². The zero-order valence-electron chi connectivity index (χ0n) is 7.67. The lowest BCUT2D eigenvalue weighted by atomic mass is 10.1. The smallest absolute Gasteiger partial charge is 0.102 e. The Labute approximate surface area is 73.3 Å². The summed E-state index contributed by atoms with van der Waals surface area (Å²) in [5.41, 5.74) is 0.